The molecule has 8 heteroatoms. The molecule has 3 rings (SSSR count). The standard InChI is InChI=1S/C15H16N4O2S2/c1-2-22-15-18-17-14(23-15)16-13(21)10-8-12(20)19(9-10)11-6-4-3-5-7-11/h3-7,10H,2,8-9H2,1H3,(H,16,17,21). The number of aromatic nitrogens is 2. The SMILES string of the molecule is CCSc1nnc(NC(=O)C2CC(=O)N(c3ccccc3)C2)s1. The molecule has 0 saturated carbocycles. The molecule has 1 unspecified atom stereocenters. The number of nitrogens with one attached hydrogen (secondary N) is 1. The Balaban J connectivity index is 1.63. The van der Waals surface area contributed by atoms with Crippen molar-refractivity contribution in [3.05, 3.63) is 30.3 Å². The topological polar surface area (TPSA) is 75.2 Å². The molecule has 23 heavy (non-hydrogen) atoms. The average molecular weight is 348 g/mol. The minimum atomic E-state index is -0.367. The van der Waals surface area contributed by atoms with Gasteiger partial charge in [0.15, 0.2) is 4.34 Å². The number of para-hydroxylation sites is 1. The number of benzene rings is 1. The van der Waals surface area contributed by atoms with Crippen LogP contribution in [0.25, 0.3) is 0 Å². The van der Waals surface area contributed by atoms with Crippen LogP contribution in [0.5, 0.6) is 0 Å². The van der Waals surface area contributed by atoms with E-state index in [0.29, 0.717) is 11.7 Å². The van der Waals surface area contributed by atoms with Crippen LogP contribution in [0.2, 0.25) is 0 Å². The molecule has 1 saturated heterocycles. The van der Waals surface area contributed by atoms with Crippen LogP contribution >= 0.6 is 23.1 Å². The van der Waals surface area contributed by atoms with Crippen molar-refractivity contribution in [2.45, 2.75) is 17.7 Å². The lowest BCUT2D eigenvalue weighted by atomic mass is 10.1. The van der Waals surface area contributed by atoms with Crippen molar-refractivity contribution in [1.82, 2.24) is 10.2 Å². The number of carbonyl (C=O) groups excluding carboxylic acids is 2. The summed E-state index contributed by atoms with van der Waals surface area (Å²) in [6.07, 6.45) is 0.218. The highest BCUT2D eigenvalue weighted by atomic mass is 32.2. The van der Waals surface area contributed by atoms with Crippen molar-refractivity contribution in [3.8, 4) is 0 Å². The first-order valence-corrected chi connectivity index (χ1v) is 9.10. The van der Waals surface area contributed by atoms with Crippen molar-refractivity contribution in [2.75, 3.05) is 22.5 Å². The van der Waals surface area contributed by atoms with E-state index in [1.807, 2.05) is 37.3 Å². The summed E-state index contributed by atoms with van der Waals surface area (Å²) >= 11 is 2.94. The second-order valence-corrected chi connectivity index (χ2v) is 7.52. The van der Waals surface area contributed by atoms with Gasteiger partial charge >= 0.3 is 0 Å². The van der Waals surface area contributed by atoms with Gasteiger partial charge in [-0.05, 0) is 17.9 Å². The highest BCUT2D eigenvalue weighted by Crippen LogP contribution is 2.28. The van der Waals surface area contributed by atoms with E-state index in [0.717, 1.165) is 15.8 Å². The maximum absolute atomic E-state index is 12.3. The zero-order valence-corrected chi connectivity index (χ0v) is 14.2. The largest absolute Gasteiger partial charge is 0.312 e. The zero-order valence-electron chi connectivity index (χ0n) is 12.6. The first-order chi connectivity index (χ1) is 11.2. The second kappa shape index (κ2) is 7.10. The average Bonchev–Trinajstić information content (AvgIpc) is 3.15. The van der Waals surface area contributed by atoms with E-state index in [4.69, 9.17) is 0 Å². The molecule has 2 aromatic rings. The lowest BCUT2D eigenvalue weighted by Crippen LogP contribution is -2.28. The Morgan fingerprint density at radius 2 is 2.17 bits per heavy atom. The van der Waals surface area contributed by atoms with Gasteiger partial charge < -0.3 is 10.2 Å². The lowest BCUT2D eigenvalue weighted by molar-refractivity contribution is -0.122. The summed E-state index contributed by atoms with van der Waals surface area (Å²) in [5.41, 5.74) is 0.824. The van der Waals surface area contributed by atoms with Crippen LogP contribution in [0.3, 0.4) is 0 Å². The highest BCUT2D eigenvalue weighted by Gasteiger charge is 2.35. The van der Waals surface area contributed by atoms with E-state index in [1.165, 1.54) is 11.3 Å². The molecule has 2 amide bonds. The Hall–Kier alpha value is -1.93. The van der Waals surface area contributed by atoms with Gasteiger partial charge in [-0.3, -0.25) is 9.59 Å². The first-order valence-electron chi connectivity index (χ1n) is 7.30. The van der Waals surface area contributed by atoms with Crippen LogP contribution in [0, 0.1) is 5.92 Å². The van der Waals surface area contributed by atoms with E-state index >= 15 is 0 Å². The van der Waals surface area contributed by atoms with Gasteiger partial charge in [0, 0.05) is 18.7 Å². The van der Waals surface area contributed by atoms with Crippen LogP contribution in [-0.4, -0.2) is 34.3 Å². The van der Waals surface area contributed by atoms with Crippen molar-refractivity contribution in [2.24, 2.45) is 5.92 Å². The van der Waals surface area contributed by atoms with Gasteiger partial charge in [0.25, 0.3) is 0 Å². The van der Waals surface area contributed by atoms with Gasteiger partial charge in [0.05, 0.1) is 5.92 Å². The molecular weight excluding hydrogens is 332 g/mol. The van der Waals surface area contributed by atoms with Crippen molar-refractivity contribution in [3.63, 3.8) is 0 Å². The lowest BCUT2D eigenvalue weighted by Gasteiger charge is -2.16. The number of hydrogen-bond donors (Lipinski definition) is 1. The number of anilines is 2. The smallest absolute Gasteiger partial charge is 0.231 e. The summed E-state index contributed by atoms with van der Waals surface area (Å²) in [6, 6.07) is 9.40. The minimum absolute atomic E-state index is 0.0316. The van der Waals surface area contributed by atoms with Crippen LogP contribution in [0.15, 0.2) is 34.7 Å². The molecule has 1 aliphatic heterocycles. The normalized spacial score (nSPS) is 17.5. The highest BCUT2D eigenvalue weighted by molar-refractivity contribution is 8.01. The molecule has 1 fully saturated rings. The number of hydrogen-bond acceptors (Lipinski definition) is 6. The van der Waals surface area contributed by atoms with E-state index in [9.17, 15) is 9.59 Å². The molecule has 1 aromatic carbocycles. The third kappa shape index (κ3) is 3.70. The number of thioether (sulfide) groups is 1. The molecule has 0 bridgehead atoms. The molecule has 0 aliphatic carbocycles. The molecular formula is C15H16N4O2S2. The van der Waals surface area contributed by atoms with Gasteiger partial charge in [-0.2, -0.15) is 0 Å². The quantitative estimate of drug-likeness (QED) is 0.664. The van der Waals surface area contributed by atoms with Crippen LogP contribution in [0.1, 0.15) is 13.3 Å². The molecule has 6 nitrogen and oxygen atoms in total. The fourth-order valence-corrected chi connectivity index (χ4v) is 4.04. The van der Waals surface area contributed by atoms with E-state index < -0.39 is 0 Å². The zero-order chi connectivity index (χ0) is 16.2. The molecule has 1 atom stereocenters. The maximum atomic E-state index is 12.3. The first kappa shape index (κ1) is 15.9. The Morgan fingerprint density at radius 1 is 1.39 bits per heavy atom. The van der Waals surface area contributed by atoms with Crippen LogP contribution < -0.4 is 10.2 Å². The summed E-state index contributed by atoms with van der Waals surface area (Å²) in [7, 11) is 0. The number of amides is 2. The van der Waals surface area contributed by atoms with Gasteiger partial charge in [0.2, 0.25) is 16.9 Å². The summed E-state index contributed by atoms with van der Waals surface area (Å²) < 4.78 is 0.830. The van der Waals surface area contributed by atoms with E-state index in [1.54, 1.807) is 16.7 Å². The number of carbonyl (C=O) groups is 2. The van der Waals surface area contributed by atoms with Crippen molar-refractivity contribution >= 4 is 45.7 Å². The maximum Gasteiger partial charge on any atom is 0.231 e. The van der Waals surface area contributed by atoms with Crippen LogP contribution in [-0.2, 0) is 9.59 Å². The summed E-state index contributed by atoms with van der Waals surface area (Å²) in [5.74, 6) is 0.330. The van der Waals surface area contributed by atoms with Crippen molar-refractivity contribution in [1.29, 1.82) is 0 Å². The Labute approximate surface area is 142 Å². The fraction of sp³-hybridized carbons (Fsp3) is 0.333. The molecule has 0 spiro atoms. The molecule has 1 N–H and O–H groups in total. The summed E-state index contributed by atoms with van der Waals surface area (Å²) in [4.78, 5) is 26.2. The summed E-state index contributed by atoms with van der Waals surface area (Å²) in [5, 5.41) is 11.2. The molecule has 1 aliphatic rings. The number of rotatable bonds is 5. The molecule has 1 aromatic heterocycles. The minimum Gasteiger partial charge on any atom is -0.312 e. The van der Waals surface area contributed by atoms with Crippen molar-refractivity contribution < 1.29 is 9.59 Å². The third-order valence-corrected chi connectivity index (χ3v) is 5.32. The second-order valence-electron chi connectivity index (χ2n) is 5.04. The Bertz CT molecular complexity index is 705. The summed E-state index contributed by atoms with van der Waals surface area (Å²) in [6.45, 7) is 2.43. The number of nitrogens with zero attached hydrogens (tertiary/aromatic N) is 3. The van der Waals surface area contributed by atoms with Crippen LogP contribution in [0.4, 0.5) is 10.8 Å². The monoisotopic (exact) mass is 348 g/mol. The van der Waals surface area contributed by atoms with Gasteiger partial charge in [-0.1, -0.05) is 48.2 Å². The van der Waals surface area contributed by atoms with E-state index in [2.05, 4.69) is 15.5 Å². The Kier molecular flexibility index (Phi) is 4.92. The molecule has 0 radical (unpaired) electrons. The molecule has 120 valence electrons. The van der Waals surface area contributed by atoms with Gasteiger partial charge in [-0.15, -0.1) is 10.2 Å². The van der Waals surface area contributed by atoms with Gasteiger partial charge in [-0.25, -0.2) is 0 Å². The fourth-order valence-electron chi connectivity index (χ4n) is 2.39. The predicted octanol–water partition coefficient (Wildman–Crippen LogP) is 2.64. The Morgan fingerprint density at radius 3 is 2.91 bits per heavy atom. The van der Waals surface area contributed by atoms with E-state index in [-0.39, 0.29) is 24.2 Å². The third-order valence-electron chi connectivity index (χ3n) is 3.47. The predicted molar refractivity (Wildman–Crippen MR) is 91.8 cm³/mol. The van der Waals surface area contributed by atoms with Gasteiger partial charge in [0.1, 0.15) is 0 Å². The molecule has 2 heterocycles.